The summed E-state index contributed by atoms with van der Waals surface area (Å²) in [6, 6.07) is 13.1. The monoisotopic (exact) mass is 374 g/mol. The number of sulfone groups is 1. The molecule has 26 heavy (non-hydrogen) atoms. The Morgan fingerprint density at radius 2 is 1.69 bits per heavy atom. The first kappa shape index (κ1) is 17.1. The van der Waals surface area contributed by atoms with E-state index in [1.165, 1.54) is 20.3 Å². The fraction of sp³-hybridized carbons (Fsp3) is 0.263. The van der Waals surface area contributed by atoms with Crippen molar-refractivity contribution in [1.29, 1.82) is 0 Å². The van der Waals surface area contributed by atoms with Crippen LogP contribution < -0.4 is 4.74 Å². The lowest BCUT2D eigenvalue weighted by atomic mass is 9.99. The summed E-state index contributed by atoms with van der Waals surface area (Å²) in [7, 11) is -0.566. The van der Waals surface area contributed by atoms with Gasteiger partial charge in [-0.15, -0.1) is 0 Å². The van der Waals surface area contributed by atoms with Crippen molar-refractivity contribution in [3.05, 3.63) is 59.9 Å². The van der Waals surface area contributed by atoms with Crippen LogP contribution >= 0.6 is 0 Å². The molecule has 0 saturated heterocycles. The van der Waals surface area contributed by atoms with E-state index in [4.69, 9.17) is 18.9 Å². The fourth-order valence-corrected chi connectivity index (χ4v) is 4.54. The van der Waals surface area contributed by atoms with Gasteiger partial charge in [0.2, 0.25) is 21.7 Å². The van der Waals surface area contributed by atoms with Crippen LogP contribution in [0.25, 0.3) is 5.76 Å². The van der Waals surface area contributed by atoms with E-state index in [-0.39, 0.29) is 9.79 Å². The van der Waals surface area contributed by atoms with Gasteiger partial charge in [0.05, 0.1) is 15.4 Å². The molecule has 0 aliphatic carbocycles. The SMILES string of the molecule is COC(OC)C1(C)Oc2ccc(S(=O)(=O)c3ccccc3)cc2C2=C1O2. The van der Waals surface area contributed by atoms with Gasteiger partial charge < -0.3 is 18.9 Å². The average molecular weight is 374 g/mol. The Labute approximate surface area is 151 Å². The maximum Gasteiger partial charge on any atom is 0.217 e. The first-order valence-corrected chi connectivity index (χ1v) is 9.52. The summed E-state index contributed by atoms with van der Waals surface area (Å²) in [6.45, 7) is 1.81. The second kappa shape index (κ2) is 5.84. The summed E-state index contributed by atoms with van der Waals surface area (Å²) in [5.41, 5.74) is -0.313. The van der Waals surface area contributed by atoms with E-state index < -0.39 is 21.7 Å². The van der Waals surface area contributed by atoms with E-state index >= 15 is 0 Å². The first-order chi connectivity index (χ1) is 12.4. The highest BCUT2D eigenvalue weighted by Gasteiger charge is 2.56. The van der Waals surface area contributed by atoms with Crippen molar-refractivity contribution in [3.8, 4) is 5.75 Å². The highest BCUT2D eigenvalue weighted by molar-refractivity contribution is 7.91. The van der Waals surface area contributed by atoms with Crippen molar-refractivity contribution in [2.24, 2.45) is 0 Å². The molecule has 2 aliphatic heterocycles. The highest BCUT2D eigenvalue weighted by atomic mass is 32.2. The summed E-state index contributed by atoms with van der Waals surface area (Å²) >= 11 is 0. The largest absolute Gasteiger partial charge is 0.473 e. The van der Waals surface area contributed by atoms with Crippen molar-refractivity contribution in [3.63, 3.8) is 0 Å². The summed E-state index contributed by atoms with van der Waals surface area (Å²) in [6.07, 6.45) is -0.657. The molecule has 6 nitrogen and oxygen atoms in total. The standard InChI is InChI=1S/C19H18O6S/c1-19(18(22-2)23-3)17-16(24-17)14-11-13(9-10-15(14)25-19)26(20,21)12-7-5-4-6-8-12/h4-11,18H,1-3H3. The lowest BCUT2D eigenvalue weighted by molar-refractivity contribution is -0.187. The van der Waals surface area contributed by atoms with Crippen LogP contribution in [0.5, 0.6) is 5.75 Å². The third-order valence-electron chi connectivity index (χ3n) is 4.58. The molecule has 0 amide bonds. The van der Waals surface area contributed by atoms with Crippen LogP contribution in [0.3, 0.4) is 0 Å². The maximum absolute atomic E-state index is 12.8. The van der Waals surface area contributed by atoms with Gasteiger partial charge in [0.25, 0.3) is 0 Å². The molecule has 2 aromatic rings. The number of fused-ring (bicyclic) bond motifs is 2. The number of benzene rings is 2. The molecule has 4 rings (SSSR count). The average Bonchev–Trinajstić information content (AvgIpc) is 3.45. The lowest BCUT2D eigenvalue weighted by Gasteiger charge is -2.33. The second-order valence-electron chi connectivity index (χ2n) is 6.25. The molecule has 0 aromatic heterocycles. The smallest absolute Gasteiger partial charge is 0.217 e. The van der Waals surface area contributed by atoms with E-state index in [9.17, 15) is 8.42 Å². The Bertz CT molecular complexity index is 992. The number of rotatable bonds is 5. The van der Waals surface area contributed by atoms with Crippen LogP contribution in [0.4, 0.5) is 0 Å². The zero-order valence-corrected chi connectivity index (χ0v) is 15.4. The minimum absolute atomic E-state index is 0.187. The van der Waals surface area contributed by atoms with Crippen LogP contribution in [0.1, 0.15) is 12.5 Å². The zero-order chi connectivity index (χ0) is 18.5. The third-order valence-corrected chi connectivity index (χ3v) is 6.35. The second-order valence-corrected chi connectivity index (χ2v) is 8.20. The van der Waals surface area contributed by atoms with Gasteiger partial charge in [-0.3, -0.25) is 0 Å². The van der Waals surface area contributed by atoms with Crippen LogP contribution in [0.2, 0.25) is 0 Å². The Morgan fingerprint density at radius 1 is 1.00 bits per heavy atom. The van der Waals surface area contributed by atoms with Crippen LogP contribution in [0, 0.1) is 0 Å². The molecule has 2 aromatic carbocycles. The summed E-state index contributed by atoms with van der Waals surface area (Å²) in [5.74, 6) is 1.72. The molecule has 1 atom stereocenters. The summed E-state index contributed by atoms with van der Waals surface area (Å²) in [5, 5.41) is 0. The molecule has 0 saturated carbocycles. The normalized spacial score (nSPS) is 20.9. The number of hydrogen-bond acceptors (Lipinski definition) is 6. The van der Waals surface area contributed by atoms with Crippen molar-refractivity contribution in [2.45, 2.75) is 28.6 Å². The van der Waals surface area contributed by atoms with E-state index in [0.29, 0.717) is 22.8 Å². The predicted molar refractivity (Wildman–Crippen MR) is 93.2 cm³/mol. The van der Waals surface area contributed by atoms with Gasteiger partial charge in [-0.2, -0.15) is 0 Å². The molecule has 1 unspecified atom stereocenters. The molecule has 2 aliphatic rings. The van der Waals surface area contributed by atoms with E-state index in [0.717, 1.165) is 0 Å². The van der Waals surface area contributed by atoms with Crippen molar-refractivity contribution < 1.29 is 27.4 Å². The molecular formula is C19H18O6S. The minimum atomic E-state index is -3.61. The van der Waals surface area contributed by atoms with E-state index in [1.54, 1.807) is 42.5 Å². The molecule has 0 fully saturated rings. The molecule has 0 bridgehead atoms. The van der Waals surface area contributed by atoms with E-state index in [1.807, 2.05) is 6.92 Å². The maximum atomic E-state index is 12.8. The quantitative estimate of drug-likeness (QED) is 0.749. The minimum Gasteiger partial charge on any atom is -0.473 e. The van der Waals surface area contributed by atoms with Gasteiger partial charge in [-0.1, -0.05) is 18.2 Å². The molecular weight excluding hydrogens is 356 g/mol. The topological polar surface area (TPSA) is 74.4 Å². The fourth-order valence-electron chi connectivity index (χ4n) is 3.23. The molecule has 0 radical (unpaired) electrons. The van der Waals surface area contributed by atoms with Gasteiger partial charge in [0.15, 0.2) is 11.5 Å². The summed E-state index contributed by atoms with van der Waals surface area (Å²) in [4.78, 5) is 0.429. The van der Waals surface area contributed by atoms with Crippen LogP contribution in [0.15, 0.2) is 64.1 Å². The number of ether oxygens (including phenoxy) is 4. The third kappa shape index (κ3) is 2.43. The predicted octanol–water partition coefficient (Wildman–Crippen LogP) is 2.99. The number of methoxy groups -OCH3 is 2. The van der Waals surface area contributed by atoms with Crippen LogP contribution in [-0.4, -0.2) is 34.5 Å². The Kier molecular flexibility index (Phi) is 3.83. The van der Waals surface area contributed by atoms with Crippen molar-refractivity contribution >= 4 is 15.6 Å². The lowest BCUT2D eigenvalue weighted by Crippen LogP contribution is -2.47. The van der Waals surface area contributed by atoms with Gasteiger partial charge >= 0.3 is 0 Å². The molecule has 2 heterocycles. The first-order valence-electron chi connectivity index (χ1n) is 8.03. The molecule has 136 valence electrons. The molecule has 0 spiro atoms. The van der Waals surface area contributed by atoms with Gasteiger partial charge in [0, 0.05) is 14.2 Å². The Hall–Kier alpha value is -2.35. The van der Waals surface area contributed by atoms with Gasteiger partial charge in [-0.25, -0.2) is 8.42 Å². The molecule has 7 heteroatoms. The Morgan fingerprint density at radius 3 is 2.35 bits per heavy atom. The van der Waals surface area contributed by atoms with Gasteiger partial charge in [0.1, 0.15) is 5.75 Å². The van der Waals surface area contributed by atoms with Crippen molar-refractivity contribution in [1.82, 2.24) is 0 Å². The zero-order valence-electron chi connectivity index (χ0n) is 14.6. The van der Waals surface area contributed by atoms with Crippen molar-refractivity contribution in [2.75, 3.05) is 14.2 Å². The van der Waals surface area contributed by atoms with Crippen LogP contribution in [-0.2, 0) is 24.0 Å². The molecule has 0 N–H and O–H groups in total. The highest BCUT2D eigenvalue weighted by Crippen LogP contribution is 2.54. The van der Waals surface area contributed by atoms with E-state index in [2.05, 4.69) is 0 Å². The van der Waals surface area contributed by atoms with Gasteiger partial charge in [-0.05, 0) is 37.3 Å². The summed E-state index contributed by atoms with van der Waals surface area (Å²) < 4.78 is 48.0. The number of hydrogen-bond donors (Lipinski definition) is 0. The Balaban J connectivity index is 1.76.